The lowest BCUT2D eigenvalue weighted by Crippen LogP contribution is -2.03. The largest absolute Gasteiger partial charge is 0.433 e. The second-order valence-corrected chi connectivity index (χ2v) is 4.14. The van der Waals surface area contributed by atoms with Crippen molar-refractivity contribution in [1.29, 1.82) is 5.26 Å². The molecule has 5 heteroatoms. The van der Waals surface area contributed by atoms with Gasteiger partial charge in [0, 0.05) is 5.02 Å². The summed E-state index contributed by atoms with van der Waals surface area (Å²) in [4.78, 5) is 0. The van der Waals surface area contributed by atoms with Crippen molar-refractivity contribution in [2.45, 2.75) is 6.61 Å². The van der Waals surface area contributed by atoms with Gasteiger partial charge < -0.3 is 4.74 Å². The molecule has 0 bridgehead atoms. The van der Waals surface area contributed by atoms with Gasteiger partial charge in [-0.1, -0.05) is 29.8 Å². The molecule has 0 spiro atoms. The van der Waals surface area contributed by atoms with Gasteiger partial charge in [0.2, 0.25) is 0 Å². The Balaban J connectivity index is 2.43. The number of halogens is 3. The Bertz CT molecular complexity index is 620. The molecule has 0 aliphatic carbocycles. The number of alkyl halides is 2. The van der Waals surface area contributed by atoms with Gasteiger partial charge in [-0.2, -0.15) is 14.0 Å². The van der Waals surface area contributed by atoms with E-state index in [0.29, 0.717) is 10.6 Å². The van der Waals surface area contributed by atoms with Crippen LogP contribution in [0.1, 0.15) is 5.56 Å². The molecule has 19 heavy (non-hydrogen) atoms. The lowest BCUT2D eigenvalue weighted by molar-refractivity contribution is -0.0500. The third-order valence-corrected chi connectivity index (χ3v) is 2.75. The van der Waals surface area contributed by atoms with E-state index >= 15 is 0 Å². The first-order valence-corrected chi connectivity index (χ1v) is 5.73. The molecular formula is C14H8ClF2NO. The lowest BCUT2D eigenvalue weighted by Gasteiger charge is -2.09. The number of benzene rings is 2. The summed E-state index contributed by atoms with van der Waals surface area (Å²) in [6.45, 7) is -2.97. The normalized spacial score (nSPS) is 10.3. The average molecular weight is 280 g/mol. The highest BCUT2D eigenvalue weighted by Crippen LogP contribution is 2.28. The van der Waals surface area contributed by atoms with Crippen molar-refractivity contribution in [3.8, 4) is 22.9 Å². The van der Waals surface area contributed by atoms with Crippen LogP contribution in [0.15, 0.2) is 42.5 Å². The molecule has 0 aromatic heterocycles. The van der Waals surface area contributed by atoms with E-state index in [1.165, 1.54) is 12.1 Å². The molecule has 0 atom stereocenters. The fourth-order valence-corrected chi connectivity index (χ4v) is 1.76. The first-order valence-electron chi connectivity index (χ1n) is 5.35. The van der Waals surface area contributed by atoms with Crippen molar-refractivity contribution in [3.63, 3.8) is 0 Å². The maximum atomic E-state index is 12.3. The summed E-state index contributed by atoms with van der Waals surface area (Å²) in [7, 11) is 0. The SMILES string of the molecule is N#Cc1ccc(-c2ccc(Cl)cc2)cc1OC(F)F. The van der Waals surface area contributed by atoms with Crippen molar-refractivity contribution >= 4 is 11.6 Å². The van der Waals surface area contributed by atoms with Crippen LogP contribution in [0.4, 0.5) is 8.78 Å². The third-order valence-electron chi connectivity index (χ3n) is 2.50. The van der Waals surface area contributed by atoms with Crippen LogP contribution in [0.3, 0.4) is 0 Å². The van der Waals surface area contributed by atoms with E-state index < -0.39 is 6.61 Å². The number of ether oxygens (including phenoxy) is 1. The zero-order valence-electron chi connectivity index (χ0n) is 9.61. The molecule has 0 aliphatic rings. The highest BCUT2D eigenvalue weighted by Gasteiger charge is 2.11. The average Bonchev–Trinajstić information content (AvgIpc) is 2.39. The number of rotatable bonds is 3. The van der Waals surface area contributed by atoms with Crippen LogP contribution in [-0.4, -0.2) is 6.61 Å². The lowest BCUT2D eigenvalue weighted by atomic mass is 10.0. The molecule has 0 unspecified atom stereocenters. The fourth-order valence-electron chi connectivity index (χ4n) is 1.63. The van der Waals surface area contributed by atoms with Crippen molar-refractivity contribution in [2.75, 3.05) is 0 Å². The van der Waals surface area contributed by atoms with E-state index in [1.54, 1.807) is 30.3 Å². The minimum atomic E-state index is -2.97. The van der Waals surface area contributed by atoms with Crippen LogP contribution < -0.4 is 4.74 Å². The van der Waals surface area contributed by atoms with Gasteiger partial charge in [0.25, 0.3) is 0 Å². The van der Waals surface area contributed by atoms with Crippen LogP contribution in [0.25, 0.3) is 11.1 Å². The highest BCUT2D eigenvalue weighted by atomic mass is 35.5. The van der Waals surface area contributed by atoms with Gasteiger partial charge in [-0.05, 0) is 35.4 Å². The maximum Gasteiger partial charge on any atom is 0.387 e. The quantitative estimate of drug-likeness (QED) is 0.830. The summed E-state index contributed by atoms with van der Waals surface area (Å²) in [6.07, 6.45) is 0. The van der Waals surface area contributed by atoms with E-state index in [2.05, 4.69) is 4.74 Å². The number of nitrogens with zero attached hydrogens (tertiary/aromatic N) is 1. The fraction of sp³-hybridized carbons (Fsp3) is 0.0714. The minimum absolute atomic E-state index is 0.0676. The van der Waals surface area contributed by atoms with E-state index in [0.717, 1.165) is 5.56 Å². The molecule has 0 amide bonds. The Morgan fingerprint density at radius 3 is 2.26 bits per heavy atom. The summed E-state index contributed by atoms with van der Waals surface area (Å²) in [5.41, 5.74) is 1.54. The minimum Gasteiger partial charge on any atom is -0.433 e. The Hall–Kier alpha value is -2.12. The molecule has 2 rings (SSSR count). The van der Waals surface area contributed by atoms with Crippen molar-refractivity contribution in [2.24, 2.45) is 0 Å². The zero-order chi connectivity index (χ0) is 13.8. The van der Waals surface area contributed by atoms with Crippen LogP contribution in [-0.2, 0) is 0 Å². The van der Waals surface area contributed by atoms with E-state index in [4.69, 9.17) is 16.9 Å². The summed E-state index contributed by atoms with van der Waals surface area (Å²) < 4.78 is 28.9. The molecule has 2 nitrogen and oxygen atoms in total. The monoisotopic (exact) mass is 279 g/mol. The predicted octanol–water partition coefficient (Wildman–Crippen LogP) is 4.48. The van der Waals surface area contributed by atoms with Gasteiger partial charge in [-0.3, -0.25) is 0 Å². The van der Waals surface area contributed by atoms with Gasteiger partial charge in [-0.25, -0.2) is 0 Å². The summed E-state index contributed by atoms with van der Waals surface area (Å²) in [5.74, 6) is -0.134. The second-order valence-electron chi connectivity index (χ2n) is 3.71. The molecular weight excluding hydrogens is 272 g/mol. The summed E-state index contributed by atoms with van der Waals surface area (Å²) in [5, 5.41) is 9.42. The summed E-state index contributed by atoms with van der Waals surface area (Å²) >= 11 is 5.78. The van der Waals surface area contributed by atoms with Crippen LogP contribution >= 0.6 is 11.6 Å². The molecule has 0 aliphatic heterocycles. The highest BCUT2D eigenvalue weighted by molar-refractivity contribution is 6.30. The summed E-state index contributed by atoms with van der Waals surface area (Å²) in [6, 6.07) is 13.2. The van der Waals surface area contributed by atoms with Gasteiger partial charge in [0.05, 0.1) is 5.56 Å². The topological polar surface area (TPSA) is 33.0 Å². The van der Waals surface area contributed by atoms with Crippen molar-refractivity contribution < 1.29 is 13.5 Å². The molecule has 2 aromatic carbocycles. The smallest absolute Gasteiger partial charge is 0.387 e. The molecule has 0 N–H and O–H groups in total. The Morgan fingerprint density at radius 1 is 1.05 bits per heavy atom. The first-order chi connectivity index (χ1) is 9.10. The molecule has 0 saturated heterocycles. The predicted molar refractivity (Wildman–Crippen MR) is 68.2 cm³/mol. The molecule has 0 heterocycles. The maximum absolute atomic E-state index is 12.3. The van der Waals surface area contributed by atoms with Crippen LogP contribution in [0.5, 0.6) is 5.75 Å². The van der Waals surface area contributed by atoms with Gasteiger partial charge in [0.1, 0.15) is 11.8 Å². The number of nitriles is 1. The number of hydrogen-bond donors (Lipinski definition) is 0. The molecule has 2 aromatic rings. The molecule has 96 valence electrons. The van der Waals surface area contributed by atoms with Gasteiger partial charge in [-0.15, -0.1) is 0 Å². The van der Waals surface area contributed by atoms with E-state index in [9.17, 15) is 8.78 Å². The molecule has 0 radical (unpaired) electrons. The van der Waals surface area contributed by atoms with Crippen molar-refractivity contribution in [3.05, 3.63) is 53.1 Å². The Labute approximate surface area is 113 Å². The second kappa shape index (κ2) is 5.68. The Kier molecular flexibility index (Phi) is 3.98. The third kappa shape index (κ3) is 3.21. The van der Waals surface area contributed by atoms with E-state index in [1.807, 2.05) is 6.07 Å². The molecule has 0 saturated carbocycles. The van der Waals surface area contributed by atoms with Crippen molar-refractivity contribution in [1.82, 2.24) is 0 Å². The molecule has 0 fully saturated rings. The van der Waals surface area contributed by atoms with E-state index in [-0.39, 0.29) is 11.3 Å². The standard InChI is InChI=1S/C14H8ClF2NO/c15-12-5-3-9(4-6-12)10-1-2-11(8-18)13(7-10)19-14(16)17/h1-7,14H. The van der Waals surface area contributed by atoms with Crippen LogP contribution in [0.2, 0.25) is 5.02 Å². The van der Waals surface area contributed by atoms with Gasteiger partial charge >= 0.3 is 6.61 Å². The first kappa shape index (κ1) is 13.3. The van der Waals surface area contributed by atoms with Crippen LogP contribution in [0, 0.1) is 11.3 Å². The Morgan fingerprint density at radius 2 is 1.68 bits per heavy atom. The van der Waals surface area contributed by atoms with Gasteiger partial charge in [0.15, 0.2) is 0 Å². The number of hydrogen-bond acceptors (Lipinski definition) is 2. The zero-order valence-corrected chi connectivity index (χ0v) is 10.4.